The normalized spacial score (nSPS) is 28.6. The van der Waals surface area contributed by atoms with E-state index in [0.717, 1.165) is 0 Å². The van der Waals surface area contributed by atoms with E-state index in [-0.39, 0.29) is 12.5 Å². The lowest BCUT2D eigenvalue weighted by atomic mass is 9.81. The van der Waals surface area contributed by atoms with Crippen LogP contribution in [0.2, 0.25) is 0 Å². The van der Waals surface area contributed by atoms with Crippen molar-refractivity contribution < 1.29 is 29.6 Å². The molecule has 0 saturated heterocycles. The average Bonchev–Trinajstić information content (AvgIpc) is 2.84. The highest BCUT2D eigenvalue weighted by Gasteiger charge is 2.44. The molecule has 110 valence electrons. The number of hydrogen-bond acceptors (Lipinski definition) is 6. The lowest BCUT2D eigenvalue weighted by Gasteiger charge is -2.39. The SMILES string of the molecule is COC(=O)C1=CN(CC(=O)O)[C@@H](O)[C@@H]2C(CO)=CC[C@H]12. The molecule has 7 heteroatoms. The second-order valence-corrected chi connectivity index (χ2v) is 4.86. The number of ether oxygens (including phenoxy) is 1. The Morgan fingerprint density at radius 2 is 2.20 bits per heavy atom. The van der Waals surface area contributed by atoms with Crippen LogP contribution in [0.15, 0.2) is 23.4 Å². The van der Waals surface area contributed by atoms with Crippen molar-refractivity contribution in [3.05, 3.63) is 23.4 Å². The van der Waals surface area contributed by atoms with Gasteiger partial charge >= 0.3 is 11.9 Å². The number of aliphatic hydroxyl groups is 2. The number of allylic oxidation sites excluding steroid dienone is 1. The summed E-state index contributed by atoms with van der Waals surface area (Å²) >= 11 is 0. The number of methoxy groups -OCH3 is 1. The Labute approximate surface area is 115 Å². The quantitative estimate of drug-likeness (QED) is 0.463. The number of carbonyl (C=O) groups excluding carboxylic acids is 1. The first kappa shape index (κ1) is 14.5. The maximum absolute atomic E-state index is 11.8. The van der Waals surface area contributed by atoms with Crippen molar-refractivity contribution in [2.75, 3.05) is 20.3 Å². The van der Waals surface area contributed by atoms with E-state index in [2.05, 4.69) is 0 Å². The molecule has 7 nitrogen and oxygen atoms in total. The number of rotatable bonds is 4. The minimum Gasteiger partial charge on any atom is -0.480 e. The van der Waals surface area contributed by atoms with Crippen LogP contribution in [0.3, 0.4) is 0 Å². The second-order valence-electron chi connectivity index (χ2n) is 4.86. The summed E-state index contributed by atoms with van der Waals surface area (Å²) in [6.45, 7) is -0.656. The fourth-order valence-corrected chi connectivity index (χ4v) is 2.88. The average molecular weight is 283 g/mol. The summed E-state index contributed by atoms with van der Waals surface area (Å²) in [5, 5.41) is 28.5. The van der Waals surface area contributed by atoms with Crippen LogP contribution in [0, 0.1) is 11.8 Å². The monoisotopic (exact) mass is 283 g/mol. The molecule has 1 aliphatic heterocycles. The zero-order valence-corrected chi connectivity index (χ0v) is 11.0. The van der Waals surface area contributed by atoms with E-state index < -0.39 is 30.6 Å². The van der Waals surface area contributed by atoms with Gasteiger partial charge in [0.1, 0.15) is 12.8 Å². The van der Waals surface area contributed by atoms with Crippen molar-refractivity contribution in [1.82, 2.24) is 4.90 Å². The summed E-state index contributed by atoms with van der Waals surface area (Å²) in [5.41, 5.74) is 0.941. The Morgan fingerprint density at radius 1 is 1.50 bits per heavy atom. The van der Waals surface area contributed by atoms with Crippen LogP contribution >= 0.6 is 0 Å². The zero-order valence-electron chi connectivity index (χ0n) is 11.0. The van der Waals surface area contributed by atoms with Gasteiger partial charge in [-0.3, -0.25) is 4.79 Å². The van der Waals surface area contributed by atoms with E-state index in [1.165, 1.54) is 18.2 Å². The fourth-order valence-electron chi connectivity index (χ4n) is 2.88. The first-order valence-corrected chi connectivity index (χ1v) is 6.25. The first-order chi connectivity index (χ1) is 9.49. The van der Waals surface area contributed by atoms with Gasteiger partial charge in [0.25, 0.3) is 0 Å². The summed E-state index contributed by atoms with van der Waals surface area (Å²) in [5.74, 6) is -2.44. The number of aliphatic carboxylic acids is 1. The Morgan fingerprint density at radius 3 is 2.75 bits per heavy atom. The molecule has 0 aromatic heterocycles. The summed E-state index contributed by atoms with van der Waals surface area (Å²) in [7, 11) is 1.25. The molecule has 1 aliphatic carbocycles. The number of fused-ring (bicyclic) bond motifs is 1. The number of carboxylic acid groups (broad SMARTS) is 1. The predicted molar refractivity (Wildman–Crippen MR) is 67.2 cm³/mol. The maximum atomic E-state index is 11.8. The van der Waals surface area contributed by atoms with E-state index in [1.807, 2.05) is 0 Å². The van der Waals surface area contributed by atoms with Crippen molar-refractivity contribution in [2.45, 2.75) is 12.6 Å². The van der Waals surface area contributed by atoms with Crippen molar-refractivity contribution in [3.8, 4) is 0 Å². The molecule has 0 spiro atoms. The number of hydrogen-bond donors (Lipinski definition) is 3. The van der Waals surface area contributed by atoms with E-state index in [1.54, 1.807) is 6.08 Å². The minimum absolute atomic E-state index is 0.229. The minimum atomic E-state index is -1.12. The van der Waals surface area contributed by atoms with Gasteiger partial charge in [-0.2, -0.15) is 0 Å². The summed E-state index contributed by atoms with van der Waals surface area (Å²) in [4.78, 5) is 23.8. The van der Waals surface area contributed by atoms with Gasteiger partial charge < -0.3 is 25.0 Å². The Bertz CT molecular complexity index is 483. The Kier molecular flexibility index (Phi) is 4.10. The van der Waals surface area contributed by atoms with Crippen molar-refractivity contribution in [1.29, 1.82) is 0 Å². The van der Waals surface area contributed by atoms with Crippen LogP contribution in [0.1, 0.15) is 6.42 Å². The molecule has 0 fully saturated rings. The second kappa shape index (κ2) is 5.64. The molecule has 0 aromatic carbocycles. The van der Waals surface area contributed by atoms with E-state index in [0.29, 0.717) is 17.6 Å². The van der Waals surface area contributed by atoms with Crippen LogP contribution in [0.4, 0.5) is 0 Å². The molecule has 0 radical (unpaired) electrons. The molecule has 3 atom stereocenters. The molecule has 2 rings (SSSR count). The van der Waals surface area contributed by atoms with E-state index >= 15 is 0 Å². The topological polar surface area (TPSA) is 107 Å². The maximum Gasteiger partial charge on any atom is 0.335 e. The Hall–Kier alpha value is -1.86. The number of esters is 1. The lowest BCUT2D eigenvalue weighted by molar-refractivity contribution is -0.143. The molecule has 0 saturated carbocycles. The molecule has 0 amide bonds. The molecule has 1 heterocycles. The smallest absolute Gasteiger partial charge is 0.335 e. The highest BCUT2D eigenvalue weighted by atomic mass is 16.5. The van der Waals surface area contributed by atoms with Gasteiger partial charge in [-0.15, -0.1) is 0 Å². The van der Waals surface area contributed by atoms with E-state index in [4.69, 9.17) is 9.84 Å². The van der Waals surface area contributed by atoms with Gasteiger partial charge in [-0.1, -0.05) is 6.08 Å². The van der Waals surface area contributed by atoms with Crippen LogP contribution in [-0.2, 0) is 14.3 Å². The third-order valence-corrected chi connectivity index (χ3v) is 3.78. The predicted octanol–water partition coefficient (Wildman–Crippen LogP) is -0.683. The third kappa shape index (κ3) is 2.41. The summed E-state index contributed by atoms with van der Waals surface area (Å²) < 4.78 is 4.71. The van der Waals surface area contributed by atoms with Gasteiger partial charge in [0.05, 0.1) is 19.3 Å². The molecular formula is C13H17NO6. The van der Waals surface area contributed by atoms with Crippen molar-refractivity contribution >= 4 is 11.9 Å². The van der Waals surface area contributed by atoms with Crippen LogP contribution in [0.25, 0.3) is 0 Å². The van der Waals surface area contributed by atoms with Gasteiger partial charge in [-0.25, -0.2) is 4.79 Å². The molecule has 20 heavy (non-hydrogen) atoms. The van der Waals surface area contributed by atoms with Gasteiger partial charge in [0.15, 0.2) is 0 Å². The number of carbonyl (C=O) groups is 2. The van der Waals surface area contributed by atoms with Crippen LogP contribution < -0.4 is 0 Å². The molecule has 3 N–H and O–H groups in total. The van der Waals surface area contributed by atoms with Gasteiger partial charge in [0.2, 0.25) is 0 Å². The molecule has 0 unspecified atom stereocenters. The van der Waals surface area contributed by atoms with Gasteiger partial charge in [-0.05, 0) is 12.0 Å². The standard InChI is InChI=1S/C13H17NO6/c1-20-13(19)9-4-14(5-10(16)17)12(18)11-7(6-15)2-3-8(9)11/h2,4,8,11-12,15,18H,3,5-6H2,1H3,(H,16,17)/t8-,11-,12+/m1/s1. The molecule has 0 aromatic rings. The van der Waals surface area contributed by atoms with E-state index in [9.17, 15) is 19.8 Å². The Balaban J connectivity index is 2.36. The highest BCUT2D eigenvalue weighted by molar-refractivity contribution is 5.89. The largest absolute Gasteiger partial charge is 0.480 e. The highest BCUT2D eigenvalue weighted by Crippen LogP contribution is 2.43. The molecule has 0 bridgehead atoms. The van der Waals surface area contributed by atoms with Crippen molar-refractivity contribution in [3.63, 3.8) is 0 Å². The first-order valence-electron chi connectivity index (χ1n) is 6.25. The number of aliphatic hydroxyl groups excluding tert-OH is 2. The van der Waals surface area contributed by atoms with Crippen LogP contribution in [-0.4, -0.2) is 58.6 Å². The molecule has 2 aliphatic rings. The lowest BCUT2D eigenvalue weighted by Crippen LogP contribution is -2.47. The number of carboxylic acids is 1. The fraction of sp³-hybridized carbons (Fsp3) is 0.538. The van der Waals surface area contributed by atoms with Gasteiger partial charge in [0, 0.05) is 18.0 Å². The third-order valence-electron chi connectivity index (χ3n) is 3.78. The van der Waals surface area contributed by atoms with Crippen molar-refractivity contribution in [2.24, 2.45) is 11.8 Å². The van der Waals surface area contributed by atoms with Crippen LogP contribution in [0.5, 0.6) is 0 Å². The summed E-state index contributed by atoms with van der Waals surface area (Å²) in [6, 6.07) is 0. The number of nitrogens with zero attached hydrogens (tertiary/aromatic N) is 1. The molecular weight excluding hydrogens is 266 g/mol. The summed E-state index contributed by atoms with van der Waals surface area (Å²) in [6.07, 6.45) is 2.56. The zero-order chi connectivity index (χ0) is 14.9.